The molecule has 1 aliphatic heterocycles. The second-order valence-electron chi connectivity index (χ2n) is 7.20. The highest BCUT2D eigenvalue weighted by atomic mass is 16.2. The Balaban J connectivity index is 1.69. The Morgan fingerprint density at radius 2 is 1.70 bits per heavy atom. The number of fused-ring (bicyclic) bond motifs is 1. The standard InChI is InChI=1S/C22H24N2O3/c1-15(2)10-12-23-20(25)17-8-9-18-19(14-17)22(27)24(21(18)26)13-11-16-6-4-3-5-7-16/h3-9,14-15H,10-13H2,1-2H3,(H,23,25). The van der Waals surface area contributed by atoms with Crippen molar-refractivity contribution in [2.24, 2.45) is 5.92 Å². The van der Waals surface area contributed by atoms with Gasteiger partial charge < -0.3 is 5.32 Å². The molecule has 0 aromatic heterocycles. The minimum Gasteiger partial charge on any atom is -0.352 e. The fourth-order valence-corrected chi connectivity index (χ4v) is 3.10. The van der Waals surface area contributed by atoms with Crippen molar-refractivity contribution in [3.8, 4) is 0 Å². The summed E-state index contributed by atoms with van der Waals surface area (Å²) >= 11 is 0. The van der Waals surface area contributed by atoms with Crippen molar-refractivity contribution >= 4 is 17.7 Å². The van der Waals surface area contributed by atoms with Crippen LogP contribution in [0.4, 0.5) is 0 Å². The van der Waals surface area contributed by atoms with Crippen molar-refractivity contribution in [1.82, 2.24) is 10.2 Å². The molecule has 3 rings (SSSR count). The van der Waals surface area contributed by atoms with Gasteiger partial charge in [-0.1, -0.05) is 44.2 Å². The summed E-state index contributed by atoms with van der Waals surface area (Å²) in [4.78, 5) is 38.8. The van der Waals surface area contributed by atoms with Gasteiger partial charge in [0.1, 0.15) is 0 Å². The SMILES string of the molecule is CC(C)CCNC(=O)c1ccc2c(c1)C(=O)N(CCc1ccccc1)C2=O. The molecular weight excluding hydrogens is 340 g/mol. The molecule has 0 atom stereocenters. The summed E-state index contributed by atoms with van der Waals surface area (Å²) < 4.78 is 0. The van der Waals surface area contributed by atoms with E-state index in [1.807, 2.05) is 30.3 Å². The van der Waals surface area contributed by atoms with Gasteiger partial charge in [0.05, 0.1) is 11.1 Å². The van der Waals surface area contributed by atoms with Gasteiger partial charge in [-0.2, -0.15) is 0 Å². The van der Waals surface area contributed by atoms with E-state index in [9.17, 15) is 14.4 Å². The van der Waals surface area contributed by atoms with Gasteiger partial charge in [-0.05, 0) is 42.5 Å². The van der Waals surface area contributed by atoms with E-state index < -0.39 is 0 Å². The lowest BCUT2D eigenvalue weighted by Crippen LogP contribution is -2.31. The van der Waals surface area contributed by atoms with Crippen LogP contribution in [-0.4, -0.2) is 35.7 Å². The number of amides is 3. The fraction of sp³-hybridized carbons (Fsp3) is 0.318. The molecular formula is C22H24N2O3. The van der Waals surface area contributed by atoms with E-state index in [1.165, 1.54) is 11.0 Å². The Kier molecular flexibility index (Phi) is 5.69. The molecule has 2 aromatic carbocycles. The summed E-state index contributed by atoms with van der Waals surface area (Å²) in [5.41, 5.74) is 2.15. The maximum absolute atomic E-state index is 12.7. The predicted molar refractivity (Wildman–Crippen MR) is 104 cm³/mol. The molecule has 140 valence electrons. The zero-order valence-electron chi connectivity index (χ0n) is 15.7. The average molecular weight is 364 g/mol. The molecule has 0 fully saturated rings. The van der Waals surface area contributed by atoms with E-state index >= 15 is 0 Å². The van der Waals surface area contributed by atoms with Crippen LogP contribution in [-0.2, 0) is 6.42 Å². The Hall–Kier alpha value is -2.95. The van der Waals surface area contributed by atoms with Crippen molar-refractivity contribution in [2.75, 3.05) is 13.1 Å². The van der Waals surface area contributed by atoms with Crippen LogP contribution in [0, 0.1) is 5.92 Å². The second kappa shape index (κ2) is 8.16. The van der Waals surface area contributed by atoms with Gasteiger partial charge in [-0.3, -0.25) is 19.3 Å². The number of nitrogens with one attached hydrogen (secondary N) is 1. The number of hydrogen-bond donors (Lipinski definition) is 1. The molecule has 0 radical (unpaired) electrons. The third kappa shape index (κ3) is 4.25. The van der Waals surface area contributed by atoms with Crippen LogP contribution in [0.15, 0.2) is 48.5 Å². The first kappa shape index (κ1) is 18.8. The molecule has 2 aromatic rings. The lowest BCUT2D eigenvalue weighted by atomic mass is 10.1. The van der Waals surface area contributed by atoms with Crippen LogP contribution < -0.4 is 5.32 Å². The number of nitrogens with zero attached hydrogens (tertiary/aromatic N) is 1. The average Bonchev–Trinajstić information content (AvgIpc) is 2.90. The molecule has 1 aliphatic rings. The van der Waals surface area contributed by atoms with Gasteiger partial charge in [0, 0.05) is 18.7 Å². The van der Waals surface area contributed by atoms with Crippen molar-refractivity contribution in [3.63, 3.8) is 0 Å². The molecule has 0 unspecified atom stereocenters. The first-order chi connectivity index (χ1) is 13.0. The summed E-state index contributed by atoms with van der Waals surface area (Å²) in [7, 11) is 0. The fourth-order valence-electron chi connectivity index (χ4n) is 3.10. The molecule has 0 spiro atoms. The first-order valence-electron chi connectivity index (χ1n) is 9.29. The number of rotatable bonds is 7. The Morgan fingerprint density at radius 3 is 2.41 bits per heavy atom. The smallest absolute Gasteiger partial charge is 0.261 e. The lowest BCUT2D eigenvalue weighted by molar-refractivity contribution is 0.0656. The topological polar surface area (TPSA) is 66.5 Å². The molecule has 0 saturated heterocycles. The molecule has 0 saturated carbocycles. The van der Waals surface area contributed by atoms with Gasteiger partial charge >= 0.3 is 0 Å². The summed E-state index contributed by atoms with van der Waals surface area (Å²) in [6.45, 7) is 5.10. The molecule has 0 aliphatic carbocycles. The number of benzene rings is 2. The minimum atomic E-state index is -0.331. The Labute approximate surface area is 159 Å². The summed E-state index contributed by atoms with van der Waals surface area (Å²) in [6.07, 6.45) is 1.50. The molecule has 5 nitrogen and oxygen atoms in total. The Morgan fingerprint density at radius 1 is 1.00 bits per heavy atom. The van der Waals surface area contributed by atoms with Crippen molar-refractivity contribution in [3.05, 3.63) is 70.8 Å². The minimum absolute atomic E-state index is 0.221. The lowest BCUT2D eigenvalue weighted by Gasteiger charge is -2.13. The van der Waals surface area contributed by atoms with E-state index in [0.717, 1.165) is 12.0 Å². The van der Waals surface area contributed by atoms with Crippen molar-refractivity contribution in [1.29, 1.82) is 0 Å². The maximum Gasteiger partial charge on any atom is 0.261 e. The molecule has 1 N–H and O–H groups in total. The highest BCUT2D eigenvalue weighted by Crippen LogP contribution is 2.24. The largest absolute Gasteiger partial charge is 0.352 e. The van der Waals surface area contributed by atoms with Gasteiger partial charge in [-0.25, -0.2) is 0 Å². The zero-order valence-corrected chi connectivity index (χ0v) is 15.7. The van der Waals surface area contributed by atoms with Crippen LogP contribution >= 0.6 is 0 Å². The molecule has 0 bridgehead atoms. The van der Waals surface area contributed by atoms with Crippen LogP contribution in [0.5, 0.6) is 0 Å². The highest BCUT2D eigenvalue weighted by molar-refractivity contribution is 6.22. The predicted octanol–water partition coefficient (Wildman–Crippen LogP) is 3.30. The quantitative estimate of drug-likeness (QED) is 0.767. The summed E-state index contributed by atoms with van der Waals surface area (Å²) in [6, 6.07) is 14.5. The van der Waals surface area contributed by atoms with E-state index in [4.69, 9.17) is 0 Å². The van der Waals surface area contributed by atoms with E-state index in [1.54, 1.807) is 12.1 Å². The van der Waals surface area contributed by atoms with Crippen LogP contribution in [0.1, 0.15) is 56.9 Å². The van der Waals surface area contributed by atoms with Crippen molar-refractivity contribution in [2.45, 2.75) is 26.7 Å². The van der Waals surface area contributed by atoms with Crippen LogP contribution in [0.3, 0.4) is 0 Å². The summed E-state index contributed by atoms with van der Waals surface area (Å²) in [5, 5.41) is 2.86. The Bertz CT molecular complexity index is 859. The normalized spacial score (nSPS) is 13.2. The molecule has 27 heavy (non-hydrogen) atoms. The van der Waals surface area contributed by atoms with E-state index in [0.29, 0.717) is 42.1 Å². The first-order valence-corrected chi connectivity index (χ1v) is 9.29. The van der Waals surface area contributed by atoms with Crippen LogP contribution in [0.2, 0.25) is 0 Å². The zero-order chi connectivity index (χ0) is 19.4. The third-order valence-electron chi connectivity index (χ3n) is 4.71. The van der Waals surface area contributed by atoms with Gasteiger partial charge in [-0.15, -0.1) is 0 Å². The molecule has 5 heteroatoms. The van der Waals surface area contributed by atoms with Crippen molar-refractivity contribution < 1.29 is 14.4 Å². The second-order valence-corrected chi connectivity index (χ2v) is 7.20. The maximum atomic E-state index is 12.7. The van der Waals surface area contributed by atoms with Gasteiger partial charge in [0.2, 0.25) is 0 Å². The van der Waals surface area contributed by atoms with Gasteiger partial charge in [0.15, 0.2) is 0 Å². The molecule has 1 heterocycles. The number of imide groups is 1. The monoisotopic (exact) mass is 364 g/mol. The highest BCUT2D eigenvalue weighted by Gasteiger charge is 2.35. The number of carbonyl (C=O) groups excluding carboxylic acids is 3. The summed E-state index contributed by atoms with van der Waals surface area (Å²) in [5.74, 6) is -0.343. The van der Waals surface area contributed by atoms with E-state index in [-0.39, 0.29) is 17.7 Å². The third-order valence-corrected chi connectivity index (χ3v) is 4.71. The number of hydrogen-bond acceptors (Lipinski definition) is 3. The van der Waals surface area contributed by atoms with E-state index in [2.05, 4.69) is 19.2 Å². The molecule has 3 amide bonds. The van der Waals surface area contributed by atoms with Gasteiger partial charge in [0.25, 0.3) is 17.7 Å². The van der Waals surface area contributed by atoms with Crippen LogP contribution in [0.25, 0.3) is 0 Å². The number of carbonyl (C=O) groups is 3.